The van der Waals surface area contributed by atoms with Crippen molar-refractivity contribution in [3.8, 4) is 0 Å². The van der Waals surface area contributed by atoms with Crippen LogP contribution in [0.15, 0.2) is 18.2 Å². The molecule has 0 amide bonds. The van der Waals surface area contributed by atoms with Crippen molar-refractivity contribution in [3.63, 3.8) is 0 Å². The molecule has 1 aromatic rings. The van der Waals surface area contributed by atoms with Gasteiger partial charge in [0.15, 0.2) is 0 Å². The topological polar surface area (TPSA) is 42.4 Å². The molecule has 4 heteroatoms. The Kier molecular flexibility index (Phi) is 6.50. The Morgan fingerprint density at radius 3 is 2.63 bits per heavy atom. The molecular formula is C15H24N2O2. The molecule has 1 heterocycles. The highest BCUT2D eigenvalue weighted by atomic mass is 16.5. The van der Waals surface area contributed by atoms with Crippen molar-refractivity contribution in [2.45, 2.75) is 46.7 Å². The molecule has 1 atom stereocenters. The van der Waals surface area contributed by atoms with Gasteiger partial charge < -0.3 is 4.74 Å². The quantitative estimate of drug-likeness (QED) is 0.710. The van der Waals surface area contributed by atoms with Gasteiger partial charge in [-0.05, 0) is 38.9 Å². The van der Waals surface area contributed by atoms with Crippen LogP contribution >= 0.6 is 0 Å². The summed E-state index contributed by atoms with van der Waals surface area (Å²) in [5.74, 6) is -0.139. The van der Waals surface area contributed by atoms with Crippen LogP contribution in [0.3, 0.4) is 0 Å². The fraction of sp³-hybridized carbons (Fsp3) is 0.600. The minimum Gasteiger partial charge on any atom is -0.465 e. The van der Waals surface area contributed by atoms with Crippen LogP contribution in [-0.4, -0.2) is 35.0 Å². The normalized spacial score (nSPS) is 12.5. The largest absolute Gasteiger partial charge is 0.465 e. The fourth-order valence-corrected chi connectivity index (χ4v) is 2.15. The Balaban J connectivity index is 2.78. The van der Waals surface area contributed by atoms with Crippen molar-refractivity contribution in [1.82, 2.24) is 9.88 Å². The van der Waals surface area contributed by atoms with Gasteiger partial charge in [0, 0.05) is 12.2 Å². The summed E-state index contributed by atoms with van der Waals surface area (Å²) in [6, 6.07) is 5.78. The first-order valence-corrected chi connectivity index (χ1v) is 6.95. The van der Waals surface area contributed by atoms with Crippen LogP contribution in [-0.2, 0) is 16.1 Å². The smallest absolute Gasteiger partial charge is 0.323 e. The molecule has 0 aromatic carbocycles. The standard InChI is InChI=1S/C15H24N2O2/c1-5-14(15(18)19-7-3)17(6-2)11-13-10-8-9-12(4)16-13/h8-10,14H,5-7,11H2,1-4H3. The van der Waals surface area contributed by atoms with Crippen LogP contribution in [0.25, 0.3) is 0 Å². The van der Waals surface area contributed by atoms with E-state index in [1.54, 1.807) is 0 Å². The van der Waals surface area contributed by atoms with Gasteiger partial charge in [0.1, 0.15) is 6.04 Å². The average Bonchev–Trinajstić information content (AvgIpc) is 2.38. The number of carbonyl (C=O) groups is 1. The Hall–Kier alpha value is -1.42. The van der Waals surface area contributed by atoms with Gasteiger partial charge in [0.05, 0.1) is 12.3 Å². The molecule has 0 bridgehead atoms. The molecule has 0 saturated carbocycles. The van der Waals surface area contributed by atoms with Gasteiger partial charge in [-0.15, -0.1) is 0 Å². The summed E-state index contributed by atoms with van der Waals surface area (Å²) < 4.78 is 5.14. The molecule has 0 saturated heterocycles. The van der Waals surface area contributed by atoms with Crippen molar-refractivity contribution in [3.05, 3.63) is 29.6 Å². The summed E-state index contributed by atoms with van der Waals surface area (Å²) >= 11 is 0. The highest BCUT2D eigenvalue weighted by Crippen LogP contribution is 2.11. The molecule has 0 aliphatic carbocycles. The minimum atomic E-state index is -0.188. The second kappa shape index (κ2) is 7.89. The monoisotopic (exact) mass is 264 g/mol. The number of aryl methyl sites for hydroxylation is 1. The highest BCUT2D eigenvalue weighted by Gasteiger charge is 2.24. The third-order valence-corrected chi connectivity index (χ3v) is 3.10. The number of hydrogen-bond acceptors (Lipinski definition) is 4. The molecule has 0 aliphatic heterocycles. The molecule has 0 N–H and O–H groups in total. The Morgan fingerprint density at radius 2 is 2.11 bits per heavy atom. The van der Waals surface area contributed by atoms with Crippen molar-refractivity contribution in [2.24, 2.45) is 0 Å². The van der Waals surface area contributed by atoms with Gasteiger partial charge in [0.2, 0.25) is 0 Å². The van der Waals surface area contributed by atoms with Gasteiger partial charge in [-0.25, -0.2) is 0 Å². The van der Waals surface area contributed by atoms with E-state index in [0.717, 1.165) is 24.4 Å². The van der Waals surface area contributed by atoms with E-state index in [1.807, 2.05) is 39.0 Å². The van der Waals surface area contributed by atoms with E-state index in [4.69, 9.17) is 4.74 Å². The maximum atomic E-state index is 11.9. The molecule has 4 nitrogen and oxygen atoms in total. The lowest BCUT2D eigenvalue weighted by Crippen LogP contribution is -2.41. The summed E-state index contributed by atoms with van der Waals surface area (Å²) in [6.07, 6.45) is 0.749. The second-order valence-electron chi connectivity index (χ2n) is 4.51. The molecular weight excluding hydrogens is 240 g/mol. The molecule has 0 fully saturated rings. The summed E-state index contributed by atoms with van der Waals surface area (Å²) in [5, 5.41) is 0. The number of carbonyl (C=O) groups excluding carboxylic acids is 1. The van der Waals surface area contributed by atoms with Crippen molar-refractivity contribution < 1.29 is 9.53 Å². The van der Waals surface area contributed by atoms with Crippen LogP contribution in [0, 0.1) is 6.92 Å². The number of rotatable bonds is 7. The molecule has 19 heavy (non-hydrogen) atoms. The zero-order chi connectivity index (χ0) is 14.3. The lowest BCUT2D eigenvalue weighted by atomic mass is 10.1. The fourth-order valence-electron chi connectivity index (χ4n) is 2.15. The SMILES string of the molecule is CCOC(=O)C(CC)N(CC)Cc1cccc(C)n1. The maximum absolute atomic E-state index is 11.9. The molecule has 0 aliphatic rings. The number of esters is 1. The number of pyridine rings is 1. The van der Waals surface area contributed by atoms with Crippen molar-refractivity contribution >= 4 is 5.97 Å². The van der Waals surface area contributed by atoms with Crippen molar-refractivity contribution in [2.75, 3.05) is 13.2 Å². The lowest BCUT2D eigenvalue weighted by molar-refractivity contribution is -0.149. The van der Waals surface area contributed by atoms with Gasteiger partial charge in [-0.1, -0.05) is 19.9 Å². The number of likely N-dealkylation sites (N-methyl/N-ethyl adjacent to an activating group) is 1. The third kappa shape index (κ3) is 4.63. The molecule has 0 radical (unpaired) electrons. The van der Waals surface area contributed by atoms with E-state index in [0.29, 0.717) is 13.2 Å². The first kappa shape index (κ1) is 15.6. The first-order chi connectivity index (χ1) is 9.12. The van der Waals surface area contributed by atoms with E-state index >= 15 is 0 Å². The second-order valence-corrected chi connectivity index (χ2v) is 4.51. The van der Waals surface area contributed by atoms with Crippen LogP contribution in [0.4, 0.5) is 0 Å². The average molecular weight is 264 g/mol. The summed E-state index contributed by atoms with van der Waals surface area (Å²) in [5.41, 5.74) is 1.99. The van der Waals surface area contributed by atoms with Crippen LogP contribution in [0.1, 0.15) is 38.6 Å². The van der Waals surface area contributed by atoms with E-state index in [9.17, 15) is 4.79 Å². The Bertz CT molecular complexity index is 407. The van der Waals surface area contributed by atoms with Gasteiger partial charge in [-0.3, -0.25) is 14.7 Å². The van der Waals surface area contributed by atoms with Gasteiger partial charge in [-0.2, -0.15) is 0 Å². The number of aromatic nitrogens is 1. The van der Waals surface area contributed by atoms with Gasteiger partial charge in [0.25, 0.3) is 0 Å². The highest BCUT2D eigenvalue weighted by molar-refractivity contribution is 5.75. The Labute approximate surface area is 115 Å². The predicted molar refractivity (Wildman–Crippen MR) is 75.8 cm³/mol. The molecule has 1 unspecified atom stereocenters. The lowest BCUT2D eigenvalue weighted by Gasteiger charge is -2.27. The number of ether oxygens (including phenoxy) is 1. The predicted octanol–water partition coefficient (Wildman–Crippen LogP) is 2.55. The summed E-state index contributed by atoms with van der Waals surface area (Å²) in [6.45, 7) is 9.77. The zero-order valence-electron chi connectivity index (χ0n) is 12.3. The minimum absolute atomic E-state index is 0.139. The van der Waals surface area contributed by atoms with E-state index in [2.05, 4.69) is 16.8 Å². The van der Waals surface area contributed by atoms with Crippen molar-refractivity contribution in [1.29, 1.82) is 0 Å². The summed E-state index contributed by atoms with van der Waals surface area (Å²) in [4.78, 5) is 18.5. The van der Waals surface area contributed by atoms with Crippen LogP contribution in [0.2, 0.25) is 0 Å². The molecule has 1 aromatic heterocycles. The first-order valence-electron chi connectivity index (χ1n) is 6.95. The maximum Gasteiger partial charge on any atom is 0.323 e. The number of hydrogen-bond donors (Lipinski definition) is 0. The van der Waals surface area contributed by atoms with Crippen LogP contribution in [0.5, 0.6) is 0 Å². The van der Waals surface area contributed by atoms with E-state index in [1.165, 1.54) is 0 Å². The summed E-state index contributed by atoms with van der Waals surface area (Å²) in [7, 11) is 0. The van der Waals surface area contributed by atoms with Crippen LogP contribution < -0.4 is 0 Å². The number of nitrogens with zero attached hydrogens (tertiary/aromatic N) is 2. The van der Waals surface area contributed by atoms with Gasteiger partial charge >= 0.3 is 5.97 Å². The molecule has 1 rings (SSSR count). The van der Waals surface area contributed by atoms with E-state index in [-0.39, 0.29) is 12.0 Å². The van der Waals surface area contributed by atoms with E-state index < -0.39 is 0 Å². The Morgan fingerprint density at radius 1 is 1.37 bits per heavy atom. The molecule has 106 valence electrons. The third-order valence-electron chi connectivity index (χ3n) is 3.10. The zero-order valence-corrected chi connectivity index (χ0v) is 12.3. The molecule has 0 spiro atoms.